The first kappa shape index (κ1) is 20.7. The highest BCUT2D eigenvalue weighted by Gasteiger charge is 2.35. The van der Waals surface area contributed by atoms with Crippen molar-refractivity contribution < 1.29 is 4.74 Å². The standard InChI is InChI=1S/C26H33N3O/c1-27-25(29-16-12-23(13-17-29)20-22-8-4-2-5-9-22)28-21-26(14-18-30-19-15-26)24-10-6-3-7-11-24/h2-11,20H,12-19,21H2,1H3,(H,27,28). The van der Waals surface area contributed by atoms with Gasteiger partial charge in [0.2, 0.25) is 0 Å². The third kappa shape index (κ3) is 4.93. The number of guanidine groups is 1. The molecule has 4 heteroatoms. The highest BCUT2D eigenvalue weighted by Crippen LogP contribution is 2.34. The van der Waals surface area contributed by atoms with Crippen molar-refractivity contribution in [3.63, 3.8) is 0 Å². The van der Waals surface area contributed by atoms with Crippen molar-refractivity contribution in [2.24, 2.45) is 4.99 Å². The van der Waals surface area contributed by atoms with E-state index in [4.69, 9.17) is 4.74 Å². The Morgan fingerprint density at radius 1 is 1.00 bits per heavy atom. The molecular weight excluding hydrogens is 370 g/mol. The molecule has 2 aromatic rings. The SMILES string of the molecule is CN=C(NCC1(c2ccccc2)CCOCC1)N1CCC(=Cc2ccccc2)CC1. The normalized spacial score (nSPS) is 19.4. The lowest BCUT2D eigenvalue weighted by molar-refractivity contribution is 0.0511. The smallest absolute Gasteiger partial charge is 0.193 e. The number of nitrogens with zero attached hydrogens (tertiary/aromatic N) is 2. The number of piperidine rings is 1. The van der Waals surface area contributed by atoms with E-state index in [0.29, 0.717) is 0 Å². The summed E-state index contributed by atoms with van der Waals surface area (Å²) in [5.41, 5.74) is 4.35. The van der Waals surface area contributed by atoms with Gasteiger partial charge in [0.25, 0.3) is 0 Å². The lowest BCUT2D eigenvalue weighted by atomic mass is 9.74. The molecule has 0 aromatic heterocycles. The highest BCUT2D eigenvalue weighted by molar-refractivity contribution is 5.80. The summed E-state index contributed by atoms with van der Waals surface area (Å²) in [4.78, 5) is 7.01. The monoisotopic (exact) mass is 403 g/mol. The van der Waals surface area contributed by atoms with Crippen LogP contribution in [0, 0.1) is 0 Å². The van der Waals surface area contributed by atoms with E-state index in [1.165, 1.54) is 16.7 Å². The van der Waals surface area contributed by atoms with Crippen molar-refractivity contribution in [2.45, 2.75) is 31.1 Å². The summed E-state index contributed by atoms with van der Waals surface area (Å²) in [6.07, 6.45) is 6.62. The minimum Gasteiger partial charge on any atom is -0.381 e. The van der Waals surface area contributed by atoms with Gasteiger partial charge in [0, 0.05) is 45.3 Å². The first-order valence-corrected chi connectivity index (χ1v) is 11.1. The molecular formula is C26H33N3O. The Kier molecular flexibility index (Phi) is 6.85. The molecule has 4 nitrogen and oxygen atoms in total. The van der Waals surface area contributed by atoms with Crippen molar-refractivity contribution >= 4 is 12.0 Å². The van der Waals surface area contributed by atoms with Crippen LogP contribution >= 0.6 is 0 Å². The van der Waals surface area contributed by atoms with Crippen molar-refractivity contribution in [1.29, 1.82) is 0 Å². The molecule has 4 rings (SSSR count). The predicted molar refractivity (Wildman–Crippen MR) is 125 cm³/mol. The zero-order valence-electron chi connectivity index (χ0n) is 18.0. The quantitative estimate of drug-likeness (QED) is 0.604. The molecule has 2 aliphatic rings. The summed E-state index contributed by atoms with van der Waals surface area (Å²) in [6.45, 7) is 4.58. The number of rotatable bonds is 4. The first-order chi connectivity index (χ1) is 14.8. The number of nitrogens with one attached hydrogen (secondary N) is 1. The van der Waals surface area contributed by atoms with Gasteiger partial charge in [0.1, 0.15) is 0 Å². The number of likely N-dealkylation sites (tertiary alicyclic amines) is 1. The molecule has 2 aliphatic heterocycles. The molecule has 1 N–H and O–H groups in total. The molecule has 0 spiro atoms. The number of benzene rings is 2. The molecule has 0 atom stereocenters. The molecule has 2 aromatic carbocycles. The zero-order valence-corrected chi connectivity index (χ0v) is 18.0. The Labute approximate surface area is 180 Å². The number of aliphatic imine (C=N–C) groups is 1. The minimum absolute atomic E-state index is 0.115. The van der Waals surface area contributed by atoms with E-state index in [1.54, 1.807) is 0 Å². The average molecular weight is 404 g/mol. The van der Waals surface area contributed by atoms with E-state index in [1.807, 2.05) is 7.05 Å². The second kappa shape index (κ2) is 9.94. The van der Waals surface area contributed by atoms with Gasteiger partial charge in [-0.2, -0.15) is 0 Å². The summed E-state index contributed by atoms with van der Waals surface area (Å²) in [5.74, 6) is 1.02. The van der Waals surface area contributed by atoms with Crippen molar-refractivity contribution in [3.8, 4) is 0 Å². The second-order valence-electron chi connectivity index (χ2n) is 8.36. The molecule has 0 unspecified atom stereocenters. The summed E-state index contributed by atoms with van der Waals surface area (Å²) in [5, 5.41) is 3.71. The van der Waals surface area contributed by atoms with Crippen LogP contribution in [0.1, 0.15) is 36.8 Å². The molecule has 0 saturated carbocycles. The van der Waals surface area contributed by atoms with Gasteiger partial charge in [-0.25, -0.2) is 0 Å². The Balaban J connectivity index is 1.38. The number of ether oxygens (including phenoxy) is 1. The van der Waals surface area contributed by atoms with E-state index in [0.717, 1.165) is 64.5 Å². The highest BCUT2D eigenvalue weighted by atomic mass is 16.5. The average Bonchev–Trinajstić information content (AvgIpc) is 2.82. The summed E-state index contributed by atoms with van der Waals surface area (Å²) < 4.78 is 5.68. The second-order valence-corrected chi connectivity index (χ2v) is 8.36. The maximum atomic E-state index is 5.68. The van der Waals surface area contributed by atoms with Crippen molar-refractivity contribution in [2.75, 3.05) is 39.9 Å². The fourth-order valence-corrected chi connectivity index (χ4v) is 4.64. The van der Waals surface area contributed by atoms with Crippen molar-refractivity contribution in [1.82, 2.24) is 10.2 Å². The predicted octanol–water partition coefficient (Wildman–Crippen LogP) is 4.49. The zero-order chi connectivity index (χ0) is 20.7. The first-order valence-electron chi connectivity index (χ1n) is 11.1. The third-order valence-corrected chi connectivity index (χ3v) is 6.51. The van der Waals surface area contributed by atoms with E-state index < -0.39 is 0 Å². The van der Waals surface area contributed by atoms with Gasteiger partial charge in [-0.3, -0.25) is 4.99 Å². The van der Waals surface area contributed by atoms with Crippen LogP contribution in [-0.2, 0) is 10.2 Å². The van der Waals surface area contributed by atoms with Crippen LogP contribution in [0.2, 0.25) is 0 Å². The van der Waals surface area contributed by atoms with Crippen LogP contribution in [0.3, 0.4) is 0 Å². The number of hydrogen-bond donors (Lipinski definition) is 1. The fraction of sp³-hybridized carbons (Fsp3) is 0.423. The lowest BCUT2D eigenvalue weighted by Gasteiger charge is -2.39. The number of hydrogen-bond acceptors (Lipinski definition) is 2. The van der Waals surface area contributed by atoms with Gasteiger partial charge in [-0.05, 0) is 36.8 Å². The minimum atomic E-state index is 0.115. The van der Waals surface area contributed by atoms with Crippen LogP contribution in [0.4, 0.5) is 0 Å². The van der Waals surface area contributed by atoms with E-state index >= 15 is 0 Å². The fourth-order valence-electron chi connectivity index (χ4n) is 4.64. The molecule has 0 amide bonds. The molecule has 30 heavy (non-hydrogen) atoms. The Hall–Kier alpha value is -2.59. The molecule has 2 saturated heterocycles. The Morgan fingerprint density at radius 3 is 2.27 bits per heavy atom. The molecule has 158 valence electrons. The largest absolute Gasteiger partial charge is 0.381 e. The van der Waals surface area contributed by atoms with Gasteiger partial charge in [0.15, 0.2) is 5.96 Å². The summed E-state index contributed by atoms with van der Waals surface area (Å²) >= 11 is 0. The van der Waals surface area contributed by atoms with Crippen LogP contribution < -0.4 is 5.32 Å². The maximum absolute atomic E-state index is 5.68. The van der Waals surface area contributed by atoms with E-state index in [9.17, 15) is 0 Å². The molecule has 0 bridgehead atoms. The summed E-state index contributed by atoms with van der Waals surface area (Å²) in [7, 11) is 1.90. The van der Waals surface area contributed by atoms with Crippen LogP contribution in [-0.4, -0.2) is 50.8 Å². The van der Waals surface area contributed by atoms with Crippen molar-refractivity contribution in [3.05, 3.63) is 77.4 Å². The van der Waals surface area contributed by atoms with Crippen LogP contribution in [0.15, 0.2) is 71.2 Å². The van der Waals surface area contributed by atoms with Crippen LogP contribution in [0.25, 0.3) is 6.08 Å². The van der Waals surface area contributed by atoms with E-state index in [2.05, 4.69) is 81.9 Å². The molecule has 2 heterocycles. The Bertz CT molecular complexity index is 844. The van der Waals surface area contributed by atoms with Gasteiger partial charge in [-0.15, -0.1) is 0 Å². The topological polar surface area (TPSA) is 36.9 Å². The Morgan fingerprint density at radius 2 is 1.63 bits per heavy atom. The van der Waals surface area contributed by atoms with Gasteiger partial charge < -0.3 is 15.0 Å². The summed E-state index contributed by atoms with van der Waals surface area (Å²) in [6, 6.07) is 21.5. The molecule has 2 fully saturated rings. The van der Waals surface area contributed by atoms with Gasteiger partial charge >= 0.3 is 0 Å². The molecule has 0 aliphatic carbocycles. The van der Waals surface area contributed by atoms with Gasteiger partial charge in [-0.1, -0.05) is 72.3 Å². The van der Waals surface area contributed by atoms with Gasteiger partial charge in [0.05, 0.1) is 0 Å². The lowest BCUT2D eigenvalue weighted by Crippen LogP contribution is -2.50. The maximum Gasteiger partial charge on any atom is 0.193 e. The third-order valence-electron chi connectivity index (χ3n) is 6.51. The van der Waals surface area contributed by atoms with E-state index in [-0.39, 0.29) is 5.41 Å². The molecule has 0 radical (unpaired) electrons. The van der Waals surface area contributed by atoms with Crippen LogP contribution in [0.5, 0.6) is 0 Å².